The third-order valence-corrected chi connectivity index (χ3v) is 4.12. The van der Waals surface area contributed by atoms with E-state index >= 15 is 0 Å². The van der Waals surface area contributed by atoms with Gasteiger partial charge in [0.25, 0.3) is 0 Å². The Morgan fingerprint density at radius 3 is 2.85 bits per heavy atom. The minimum atomic E-state index is -0.637. The lowest BCUT2D eigenvalue weighted by molar-refractivity contribution is 0.173. The van der Waals surface area contributed by atoms with Crippen LogP contribution in [0.3, 0.4) is 0 Å². The lowest BCUT2D eigenvalue weighted by atomic mass is 9.98. The van der Waals surface area contributed by atoms with E-state index in [-0.39, 0.29) is 0 Å². The summed E-state index contributed by atoms with van der Waals surface area (Å²) in [6.07, 6.45) is 0.703. The van der Waals surface area contributed by atoms with Crippen LogP contribution < -0.4 is 4.74 Å². The summed E-state index contributed by atoms with van der Waals surface area (Å²) in [5, 5.41) is 11.6. The van der Waals surface area contributed by atoms with E-state index in [4.69, 9.17) is 27.9 Å². The fourth-order valence-electron chi connectivity index (χ4n) is 2.51. The zero-order chi connectivity index (χ0) is 14.1. The van der Waals surface area contributed by atoms with Crippen LogP contribution in [-0.4, -0.2) is 11.7 Å². The minimum Gasteiger partial charge on any atom is -0.493 e. The summed E-state index contributed by atoms with van der Waals surface area (Å²) in [7, 11) is 0. The number of hydrogen-bond donors (Lipinski definition) is 1. The molecule has 20 heavy (non-hydrogen) atoms. The van der Waals surface area contributed by atoms with Gasteiger partial charge in [-0.1, -0.05) is 47.5 Å². The number of fused-ring (bicyclic) bond motifs is 1. The van der Waals surface area contributed by atoms with Gasteiger partial charge in [0.1, 0.15) is 5.75 Å². The Balaban J connectivity index is 1.86. The SMILES string of the molecule is OC(Cc1ccc(Cl)cc1Cl)c1cccc2c1OCC2. The van der Waals surface area contributed by atoms with Gasteiger partial charge in [-0.15, -0.1) is 0 Å². The maximum atomic E-state index is 10.5. The van der Waals surface area contributed by atoms with Gasteiger partial charge < -0.3 is 9.84 Å². The molecule has 0 saturated heterocycles. The molecule has 0 radical (unpaired) electrons. The zero-order valence-electron chi connectivity index (χ0n) is 10.8. The second-order valence-electron chi connectivity index (χ2n) is 4.89. The van der Waals surface area contributed by atoms with Crippen molar-refractivity contribution in [1.82, 2.24) is 0 Å². The van der Waals surface area contributed by atoms with Crippen LogP contribution in [0, 0.1) is 0 Å². The lowest BCUT2D eigenvalue weighted by Gasteiger charge is -2.15. The molecule has 4 heteroatoms. The van der Waals surface area contributed by atoms with Gasteiger partial charge in [-0.05, 0) is 23.3 Å². The molecule has 1 N–H and O–H groups in total. The monoisotopic (exact) mass is 308 g/mol. The highest BCUT2D eigenvalue weighted by molar-refractivity contribution is 6.35. The van der Waals surface area contributed by atoms with Gasteiger partial charge >= 0.3 is 0 Å². The first-order valence-corrected chi connectivity index (χ1v) is 7.27. The number of benzene rings is 2. The second kappa shape index (κ2) is 5.65. The predicted molar refractivity (Wildman–Crippen MR) is 80.8 cm³/mol. The number of para-hydroxylation sites is 1. The number of hydrogen-bond acceptors (Lipinski definition) is 2. The third kappa shape index (κ3) is 2.64. The van der Waals surface area contributed by atoms with Crippen molar-refractivity contribution >= 4 is 23.2 Å². The molecule has 3 rings (SSSR count). The van der Waals surface area contributed by atoms with Gasteiger partial charge in [0.15, 0.2) is 0 Å². The van der Waals surface area contributed by atoms with Crippen molar-refractivity contribution in [3.8, 4) is 5.75 Å². The van der Waals surface area contributed by atoms with Crippen LogP contribution in [-0.2, 0) is 12.8 Å². The van der Waals surface area contributed by atoms with Crippen LogP contribution >= 0.6 is 23.2 Å². The fourth-order valence-corrected chi connectivity index (χ4v) is 2.99. The van der Waals surface area contributed by atoms with E-state index in [0.29, 0.717) is 23.1 Å². The molecule has 0 fully saturated rings. The second-order valence-corrected chi connectivity index (χ2v) is 5.73. The molecule has 1 unspecified atom stereocenters. The summed E-state index contributed by atoms with van der Waals surface area (Å²) < 4.78 is 5.62. The van der Waals surface area contributed by atoms with Crippen LogP contribution in [0.25, 0.3) is 0 Å². The van der Waals surface area contributed by atoms with E-state index in [0.717, 1.165) is 28.9 Å². The van der Waals surface area contributed by atoms with Crippen molar-refractivity contribution in [1.29, 1.82) is 0 Å². The van der Waals surface area contributed by atoms with Crippen molar-refractivity contribution in [3.05, 3.63) is 63.1 Å². The average molecular weight is 309 g/mol. The van der Waals surface area contributed by atoms with Crippen molar-refractivity contribution in [2.45, 2.75) is 18.9 Å². The molecule has 0 saturated carbocycles. The molecule has 1 atom stereocenters. The molecule has 1 aliphatic rings. The number of aliphatic hydroxyl groups excluding tert-OH is 1. The van der Waals surface area contributed by atoms with Crippen LogP contribution in [0.15, 0.2) is 36.4 Å². The number of rotatable bonds is 3. The quantitative estimate of drug-likeness (QED) is 0.920. The molecule has 0 bridgehead atoms. The largest absolute Gasteiger partial charge is 0.493 e. The molecule has 0 amide bonds. The van der Waals surface area contributed by atoms with E-state index in [9.17, 15) is 5.11 Å². The molecular weight excluding hydrogens is 295 g/mol. The predicted octanol–water partition coefficient (Wildman–Crippen LogP) is 4.20. The van der Waals surface area contributed by atoms with Gasteiger partial charge in [-0.2, -0.15) is 0 Å². The first-order chi connectivity index (χ1) is 9.65. The first-order valence-electron chi connectivity index (χ1n) is 6.52. The molecule has 0 spiro atoms. The molecule has 0 aliphatic carbocycles. The molecule has 104 valence electrons. The van der Waals surface area contributed by atoms with Gasteiger partial charge in [-0.3, -0.25) is 0 Å². The van der Waals surface area contributed by atoms with E-state index in [1.54, 1.807) is 12.1 Å². The number of halogens is 2. The van der Waals surface area contributed by atoms with Gasteiger partial charge in [0.05, 0.1) is 12.7 Å². The molecule has 1 heterocycles. The minimum absolute atomic E-state index is 0.440. The summed E-state index contributed by atoms with van der Waals surface area (Å²) >= 11 is 12.0. The highest BCUT2D eigenvalue weighted by Gasteiger charge is 2.21. The molecule has 2 nitrogen and oxygen atoms in total. The normalized spacial score (nSPS) is 14.8. The summed E-state index contributed by atoms with van der Waals surface area (Å²) in [5.41, 5.74) is 2.86. The Labute approximate surface area is 127 Å². The maximum absolute atomic E-state index is 10.5. The Kier molecular flexibility index (Phi) is 3.88. The Morgan fingerprint density at radius 1 is 1.20 bits per heavy atom. The summed E-state index contributed by atoms with van der Waals surface area (Å²) in [6, 6.07) is 11.2. The third-order valence-electron chi connectivity index (χ3n) is 3.53. The molecule has 1 aliphatic heterocycles. The number of aliphatic hydroxyl groups is 1. The van der Waals surface area contributed by atoms with Gasteiger partial charge in [-0.25, -0.2) is 0 Å². The zero-order valence-corrected chi connectivity index (χ0v) is 12.3. The van der Waals surface area contributed by atoms with E-state index in [1.165, 1.54) is 0 Å². The smallest absolute Gasteiger partial charge is 0.128 e. The Morgan fingerprint density at radius 2 is 2.05 bits per heavy atom. The topological polar surface area (TPSA) is 29.5 Å². The van der Waals surface area contributed by atoms with Crippen LogP contribution in [0.4, 0.5) is 0 Å². The Hall–Kier alpha value is -1.22. The molecule has 0 aromatic heterocycles. The number of ether oxygens (including phenoxy) is 1. The lowest BCUT2D eigenvalue weighted by Crippen LogP contribution is -2.04. The highest BCUT2D eigenvalue weighted by Crippen LogP contribution is 2.35. The van der Waals surface area contributed by atoms with Crippen LogP contribution in [0.1, 0.15) is 22.8 Å². The molecule has 2 aromatic rings. The van der Waals surface area contributed by atoms with Gasteiger partial charge in [0.2, 0.25) is 0 Å². The standard InChI is InChI=1S/C16H14Cl2O2/c17-12-5-4-11(14(18)9-12)8-15(19)13-3-1-2-10-6-7-20-16(10)13/h1-5,9,15,19H,6-8H2. The van der Waals surface area contributed by atoms with E-state index in [2.05, 4.69) is 0 Å². The highest BCUT2D eigenvalue weighted by atomic mass is 35.5. The fraction of sp³-hybridized carbons (Fsp3) is 0.250. The maximum Gasteiger partial charge on any atom is 0.128 e. The van der Waals surface area contributed by atoms with Crippen molar-refractivity contribution in [2.75, 3.05) is 6.61 Å². The van der Waals surface area contributed by atoms with Crippen LogP contribution in [0.2, 0.25) is 10.0 Å². The first kappa shape index (κ1) is 13.7. The summed E-state index contributed by atoms with van der Waals surface area (Å²) in [5.74, 6) is 0.824. The average Bonchev–Trinajstić information content (AvgIpc) is 2.90. The van der Waals surface area contributed by atoms with E-state index in [1.807, 2.05) is 24.3 Å². The van der Waals surface area contributed by atoms with Crippen molar-refractivity contribution in [3.63, 3.8) is 0 Å². The summed E-state index contributed by atoms with van der Waals surface area (Å²) in [4.78, 5) is 0. The van der Waals surface area contributed by atoms with Crippen LogP contribution in [0.5, 0.6) is 5.75 Å². The Bertz CT molecular complexity index is 640. The molecule has 2 aromatic carbocycles. The summed E-state index contributed by atoms with van der Waals surface area (Å²) in [6.45, 7) is 0.681. The van der Waals surface area contributed by atoms with Crippen molar-refractivity contribution < 1.29 is 9.84 Å². The van der Waals surface area contributed by atoms with Crippen molar-refractivity contribution in [2.24, 2.45) is 0 Å². The molecular formula is C16H14Cl2O2. The van der Waals surface area contributed by atoms with E-state index < -0.39 is 6.10 Å². The van der Waals surface area contributed by atoms with Gasteiger partial charge in [0, 0.05) is 28.5 Å².